The van der Waals surface area contributed by atoms with Gasteiger partial charge in [0.2, 0.25) is 5.78 Å². The molecule has 5 nitrogen and oxygen atoms in total. The van der Waals surface area contributed by atoms with Crippen LogP contribution in [0.15, 0.2) is 52.9 Å². The smallest absolute Gasteiger partial charge is 0.341 e. The number of hydrogen-bond acceptors (Lipinski definition) is 6. The fourth-order valence-corrected chi connectivity index (χ4v) is 5.86. The SMILES string of the molecule is CCOC(=O)c1c2c(C(=O)c3ccccc3)sc(SCC(C)=O)c2n2ccc(C)cc12. The zero-order valence-electron chi connectivity index (χ0n) is 17.4. The first-order chi connectivity index (χ1) is 14.9. The standard InChI is InChI=1S/C24H21NO4S2/c1-4-29-23(28)18-17-12-14(2)10-11-25(17)20-19(18)22(31-24(20)30-13-15(3)26)21(27)16-8-6-5-7-9-16/h5-12H,4,13H2,1-3H3. The lowest BCUT2D eigenvalue weighted by molar-refractivity contribution is -0.114. The molecule has 0 aliphatic carbocycles. The van der Waals surface area contributed by atoms with E-state index in [1.54, 1.807) is 19.1 Å². The van der Waals surface area contributed by atoms with E-state index in [1.807, 2.05) is 47.9 Å². The summed E-state index contributed by atoms with van der Waals surface area (Å²) in [6.07, 6.45) is 1.90. The molecule has 0 fully saturated rings. The third kappa shape index (κ3) is 3.91. The van der Waals surface area contributed by atoms with Gasteiger partial charge in [0.15, 0.2) is 0 Å². The molecule has 7 heteroatoms. The predicted molar refractivity (Wildman–Crippen MR) is 125 cm³/mol. The molecular weight excluding hydrogens is 430 g/mol. The summed E-state index contributed by atoms with van der Waals surface area (Å²) in [5.74, 6) is -0.264. The molecule has 0 bridgehead atoms. The highest BCUT2D eigenvalue weighted by molar-refractivity contribution is 8.02. The fourth-order valence-electron chi connectivity index (χ4n) is 3.53. The number of pyridine rings is 1. The van der Waals surface area contributed by atoms with Gasteiger partial charge < -0.3 is 9.14 Å². The Hall–Kier alpha value is -2.90. The number of esters is 1. The largest absolute Gasteiger partial charge is 0.462 e. The molecule has 0 radical (unpaired) electrons. The van der Waals surface area contributed by atoms with Gasteiger partial charge in [0.05, 0.1) is 38.0 Å². The van der Waals surface area contributed by atoms with E-state index in [0.717, 1.165) is 15.3 Å². The van der Waals surface area contributed by atoms with E-state index >= 15 is 0 Å². The molecule has 4 rings (SSSR count). The number of fused-ring (bicyclic) bond motifs is 3. The van der Waals surface area contributed by atoms with E-state index < -0.39 is 5.97 Å². The second-order valence-corrected chi connectivity index (χ2v) is 9.45. The van der Waals surface area contributed by atoms with Crippen molar-refractivity contribution in [1.82, 2.24) is 4.40 Å². The van der Waals surface area contributed by atoms with Crippen molar-refractivity contribution in [3.8, 4) is 0 Å². The van der Waals surface area contributed by atoms with Gasteiger partial charge in [-0.05, 0) is 38.5 Å². The van der Waals surface area contributed by atoms with Crippen molar-refractivity contribution in [2.75, 3.05) is 12.4 Å². The Morgan fingerprint density at radius 3 is 2.55 bits per heavy atom. The maximum absolute atomic E-state index is 13.5. The number of ketones is 2. The number of ether oxygens (including phenoxy) is 1. The number of thiophene rings is 1. The third-order valence-electron chi connectivity index (χ3n) is 4.84. The molecule has 0 atom stereocenters. The monoisotopic (exact) mass is 451 g/mol. The Balaban J connectivity index is 2.07. The minimum Gasteiger partial charge on any atom is -0.462 e. The number of thioether (sulfide) groups is 1. The van der Waals surface area contributed by atoms with E-state index in [9.17, 15) is 14.4 Å². The Bertz CT molecular complexity index is 1320. The van der Waals surface area contributed by atoms with E-state index in [2.05, 4.69) is 0 Å². The van der Waals surface area contributed by atoms with E-state index in [4.69, 9.17) is 4.74 Å². The van der Waals surface area contributed by atoms with Crippen molar-refractivity contribution >= 4 is 57.1 Å². The van der Waals surface area contributed by atoms with Crippen LogP contribution >= 0.6 is 23.1 Å². The van der Waals surface area contributed by atoms with Gasteiger partial charge in [0.1, 0.15) is 5.78 Å². The molecular formula is C24H21NO4S2. The van der Waals surface area contributed by atoms with E-state index in [-0.39, 0.29) is 18.2 Å². The van der Waals surface area contributed by atoms with Crippen LogP contribution in [0.4, 0.5) is 0 Å². The minimum atomic E-state index is -0.455. The van der Waals surface area contributed by atoms with Gasteiger partial charge in [0, 0.05) is 17.1 Å². The molecule has 0 N–H and O–H groups in total. The van der Waals surface area contributed by atoms with Gasteiger partial charge in [0.25, 0.3) is 0 Å². The van der Waals surface area contributed by atoms with Gasteiger partial charge >= 0.3 is 5.97 Å². The predicted octanol–water partition coefficient (Wildman–Crippen LogP) is 5.55. The number of aryl methyl sites for hydroxylation is 1. The molecule has 31 heavy (non-hydrogen) atoms. The van der Waals surface area contributed by atoms with Crippen LogP contribution in [0, 0.1) is 6.92 Å². The van der Waals surface area contributed by atoms with Crippen LogP contribution in [-0.4, -0.2) is 34.3 Å². The van der Waals surface area contributed by atoms with Gasteiger partial charge in [-0.2, -0.15) is 0 Å². The summed E-state index contributed by atoms with van der Waals surface area (Å²) >= 11 is 2.72. The maximum atomic E-state index is 13.5. The first-order valence-corrected chi connectivity index (χ1v) is 11.7. The lowest BCUT2D eigenvalue weighted by Gasteiger charge is -2.05. The molecule has 4 aromatic rings. The molecule has 3 aromatic heterocycles. The number of aromatic nitrogens is 1. The Kier molecular flexibility index (Phi) is 5.98. The summed E-state index contributed by atoms with van der Waals surface area (Å²) < 4.78 is 8.13. The summed E-state index contributed by atoms with van der Waals surface area (Å²) in [7, 11) is 0. The summed E-state index contributed by atoms with van der Waals surface area (Å²) in [6, 6.07) is 12.9. The van der Waals surface area contributed by atoms with Crippen LogP contribution in [0.2, 0.25) is 0 Å². The van der Waals surface area contributed by atoms with E-state index in [1.165, 1.54) is 30.0 Å². The van der Waals surface area contributed by atoms with Gasteiger partial charge in [-0.3, -0.25) is 9.59 Å². The van der Waals surface area contributed by atoms with Crippen LogP contribution in [0.25, 0.3) is 16.4 Å². The number of Topliss-reactive ketones (excluding diaryl/α,β-unsaturated/α-hetero) is 1. The molecule has 0 aliphatic rings. The van der Waals surface area contributed by atoms with Crippen molar-refractivity contribution in [3.63, 3.8) is 0 Å². The summed E-state index contributed by atoms with van der Waals surface area (Å²) in [6.45, 7) is 5.49. The maximum Gasteiger partial charge on any atom is 0.341 e. The van der Waals surface area contributed by atoms with Crippen molar-refractivity contribution in [2.24, 2.45) is 0 Å². The van der Waals surface area contributed by atoms with Gasteiger partial charge in [-0.15, -0.1) is 23.1 Å². The first kappa shape index (κ1) is 21.3. The van der Waals surface area contributed by atoms with Crippen molar-refractivity contribution in [1.29, 1.82) is 0 Å². The normalized spacial score (nSPS) is 11.2. The topological polar surface area (TPSA) is 64.9 Å². The number of rotatable bonds is 7. The average molecular weight is 452 g/mol. The number of carbonyl (C=O) groups is 3. The lowest BCUT2D eigenvalue weighted by atomic mass is 10.1. The van der Waals surface area contributed by atoms with Crippen LogP contribution in [-0.2, 0) is 9.53 Å². The Morgan fingerprint density at radius 1 is 1.13 bits per heavy atom. The third-order valence-corrected chi connectivity index (χ3v) is 7.42. The number of benzene rings is 1. The average Bonchev–Trinajstić information content (AvgIpc) is 3.27. The Morgan fingerprint density at radius 2 is 1.87 bits per heavy atom. The quantitative estimate of drug-likeness (QED) is 0.209. The van der Waals surface area contributed by atoms with Crippen LogP contribution in [0.1, 0.15) is 45.0 Å². The van der Waals surface area contributed by atoms with Crippen molar-refractivity contribution in [3.05, 3.63) is 70.2 Å². The van der Waals surface area contributed by atoms with Crippen LogP contribution < -0.4 is 0 Å². The molecule has 3 heterocycles. The first-order valence-electron chi connectivity index (χ1n) is 9.88. The molecule has 1 aromatic carbocycles. The zero-order chi connectivity index (χ0) is 22.1. The number of nitrogens with zero attached hydrogens (tertiary/aromatic N) is 1. The second-order valence-electron chi connectivity index (χ2n) is 7.18. The molecule has 0 aliphatic heterocycles. The lowest BCUT2D eigenvalue weighted by Crippen LogP contribution is -2.06. The highest BCUT2D eigenvalue weighted by Gasteiger charge is 2.29. The van der Waals surface area contributed by atoms with Gasteiger partial charge in [-0.1, -0.05) is 30.3 Å². The van der Waals surface area contributed by atoms with Gasteiger partial charge in [-0.25, -0.2) is 4.79 Å². The molecule has 0 spiro atoms. The van der Waals surface area contributed by atoms with E-state index in [0.29, 0.717) is 32.7 Å². The zero-order valence-corrected chi connectivity index (χ0v) is 19.1. The number of hydrogen-bond donors (Lipinski definition) is 0. The molecule has 0 amide bonds. The molecule has 0 saturated heterocycles. The molecule has 158 valence electrons. The second kappa shape index (κ2) is 8.69. The highest BCUT2D eigenvalue weighted by atomic mass is 32.2. The minimum absolute atomic E-state index is 0.0461. The molecule has 0 unspecified atom stereocenters. The van der Waals surface area contributed by atoms with Crippen LogP contribution in [0.5, 0.6) is 0 Å². The van der Waals surface area contributed by atoms with Crippen molar-refractivity contribution < 1.29 is 19.1 Å². The highest BCUT2D eigenvalue weighted by Crippen LogP contribution is 2.44. The van der Waals surface area contributed by atoms with Crippen molar-refractivity contribution in [2.45, 2.75) is 25.0 Å². The number of carbonyl (C=O) groups excluding carboxylic acids is 3. The molecule has 0 saturated carbocycles. The summed E-state index contributed by atoms with van der Waals surface area (Å²) in [5, 5.41) is 0.592. The fraction of sp³-hybridized carbons (Fsp3) is 0.208. The summed E-state index contributed by atoms with van der Waals surface area (Å²) in [5.41, 5.74) is 3.41. The van der Waals surface area contributed by atoms with Crippen LogP contribution in [0.3, 0.4) is 0 Å². The summed E-state index contributed by atoms with van der Waals surface area (Å²) in [4.78, 5) is 38.6. The Labute approximate surface area is 188 Å².